The van der Waals surface area contributed by atoms with Crippen molar-refractivity contribution in [2.75, 3.05) is 0 Å². The molecule has 0 fully saturated rings. The highest BCUT2D eigenvalue weighted by Gasteiger charge is 2.17. The second kappa shape index (κ2) is 12.0. The van der Waals surface area contributed by atoms with Crippen molar-refractivity contribution in [3.8, 4) is 34.1 Å². The number of esters is 3. The lowest BCUT2D eigenvalue weighted by atomic mass is 10.1. The number of aliphatic hydroxyl groups is 1. The topological polar surface area (TPSA) is 108 Å². The van der Waals surface area contributed by atoms with E-state index in [9.17, 15) is 19.5 Å². The number of hydrogen-bond donors (Lipinski definition) is 1. The number of hydrogen-bond acceptors (Lipinski definition) is 8. The maximum absolute atomic E-state index is 11.7. The van der Waals surface area contributed by atoms with Crippen molar-refractivity contribution in [3.05, 3.63) is 110 Å². The molecule has 3 rings (SSSR count). The van der Waals surface area contributed by atoms with Crippen molar-refractivity contribution in [3.63, 3.8) is 0 Å². The van der Waals surface area contributed by atoms with Crippen molar-refractivity contribution in [1.82, 2.24) is 0 Å². The lowest BCUT2D eigenvalue weighted by Gasteiger charge is -2.16. The molecule has 0 aliphatic rings. The van der Waals surface area contributed by atoms with Gasteiger partial charge in [0.1, 0.15) is 11.5 Å². The third-order valence-corrected chi connectivity index (χ3v) is 4.68. The van der Waals surface area contributed by atoms with Gasteiger partial charge in [-0.05, 0) is 53.6 Å². The molecular formula is C28H22O8. The highest BCUT2D eigenvalue weighted by molar-refractivity contribution is 5.86. The first kappa shape index (κ1) is 25.7. The van der Waals surface area contributed by atoms with Gasteiger partial charge in [-0.1, -0.05) is 44.0 Å². The van der Waals surface area contributed by atoms with Gasteiger partial charge in [0.2, 0.25) is 6.29 Å². The van der Waals surface area contributed by atoms with Crippen LogP contribution in [0.2, 0.25) is 0 Å². The van der Waals surface area contributed by atoms with Crippen molar-refractivity contribution >= 4 is 17.9 Å². The molecule has 36 heavy (non-hydrogen) atoms. The van der Waals surface area contributed by atoms with E-state index < -0.39 is 24.2 Å². The van der Waals surface area contributed by atoms with Gasteiger partial charge >= 0.3 is 17.9 Å². The molecule has 0 aliphatic carbocycles. The van der Waals surface area contributed by atoms with Gasteiger partial charge in [0.15, 0.2) is 11.5 Å². The number of carbonyl (C=O) groups is 3. The first-order valence-corrected chi connectivity index (χ1v) is 10.5. The molecule has 3 aromatic carbocycles. The minimum atomic E-state index is -1.42. The van der Waals surface area contributed by atoms with Gasteiger partial charge in [0.25, 0.3) is 0 Å². The average Bonchev–Trinajstić information content (AvgIpc) is 2.90. The zero-order chi connectivity index (χ0) is 26.1. The normalized spacial score (nSPS) is 10.9. The number of benzene rings is 3. The van der Waals surface area contributed by atoms with E-state index in [0.717, 1.165) is 29.4 Å². The molecule has 0 saturated heterocycles. The van der Waals surface area contributed by atoms with Crippen LogP contribution in [0, 0.1) is 0 Å². The van der Waals surface area contributed by atoms with Crippen LogP contribution in [0.1, 0.15) is 11.9 Å². The van der Waals surface area contributed by atoms with E-state index in [1.165, 1.54) is 18.2 Å². The van der Waals surface area contributed by atoms with Crippen molar-refractivity contribution in [2.24, 2.45) is 0 Å². The summed E-state index contributed by atoms with van der Waals surface area (Å²) in [5.74, 6) is -1.44. The maximum Gasteiger partial charge on any atom is 0.335 e. The van der Waals surface area contributed by atoms with Crippen LogP contribution in [0.3, 0.4) is 0 Å². The molecule has 8 nitrogen and oxygen atoms in total. The zero-order valence-electron chi connectivity index (χ0n) is 19.1. The smallest absolute Gasteiger partial charge is 0.335 e. The van der Waals surface area contributed by atoms with Gasteiger partial charge in [-0.2, -0.15) is 0 Å². The third-order valence-electron chi connectivity index (χ3n) is 4.68. The molecule has 1 N–H and O–H groups in total. The summed E-state index contributed by atoms with van der Waals surface area (Å²) in [6.07, 6.45) is 1.57. The van der Waals surface area contributed by atoms with E-state index in [4.69, 9.17) is 18.9 Å². The zero-order valence-corrected chi connectivity index (χ0v) is 19.1. The fraction of sp³-hybridized carbons (Fsp3) is 0.0357. The lowest BCUT2D eigenvalue weighted by Crippen LogP contribution is -2.11. The summed E-state index contributed by atoms with van der Waals surface area (Å²) < 4.78 is 20.8. The number of aliphatic hydroxyl groups excluding tert-OH is 1. The van der Waals surface area contributed by atoms with E-state index in [1.807, 2.05) is 0 Å². The molecule has 0 heterocycles. The van der Waals surface area contributed by atoms with Crippen LogP contribution in [0.25, 0.3) is 11.1 Å². The summed E-state index contributed by atoms with van der Waals surface area (Å²) in [5.41, 5.74) is 1.98. The highest BCUT2D eigenvalue weighted by Crippen LogP contribution is 2.33. The molecule has 8 heteroatoms. The number of carbonyl (C=O) groups excluding carboxylic acids is 3. The predicted molar refractivity (Wildman–Crippen MR) is 131 cm³/mol. The summed E-state index contributed by atoms with van der Waals surface area (Å²) in [6.45, 7) is 10.0. The van der Waals surface area contributed by atoms with Crippen LogP contribution < -0.4 is 18.9 Å². The summed E-state index contributed by atoms with van der Waals surface area (Å²) in [7, 11) is 0. The SMILES string of the molecule is C=CC(=O)Oc1ccc(-c2ccc(OC(O)c3ccc(OC(=O)C=C)c(OC(=O)C=C)c3)cc2)cc1. The van der Waals surface area contributed by atoms with Crippen LogP contribution in [-0.2, 0) is 14.4 Å². The van der Waals surface area contributed by atoms with E-state index in [2.05, 4.69) is 19.7 Å². The summed E-state index contributed by atoms with van der Waals surface area (Å²) in [6, 6.07) is 18.0. The molecule has 1 atom stereocenters. The Bertz CT molecular complexity index is 1290. The summed E-state index contributed by atoms with van der Waals surface area (Å²) in [5, 5.41) is 10.6. The Morgan fingerprint density at radius 2 is 1.11 bits per heavy atom. The molecule has 0 radical (unpaired) electrons. The fourth-order valence-electron chi connectivity index (χ4n) is 2.94. The molecular weight excluding hydrogens is 464 g/mol. The van der Waals surface area contributed by atoms with Gasteiger partial charge in [0.05, 0.1) is 0 Å². The first-order valence-electron chi connectivity index (χ1n) is 10.5. The molecule has 0 bridgehead atoms. The molecule has 0 amide bonds. The minimum absolute atomic E-state index is 0.0410. The van der Waals surface area contributed by atoms with Crippen LogP contribution in [-0.4, -0.2) is 23.0 Å². The Kier molecular flexibility index (Phi) is 8.53. The van der Waals surface area contributed by atoms with Gasteiger partial charge in [-0.3, -0.25) is 0 Å². The molecule has 1 unspecified atom stereocenters. The van der Waals surface area contributed by atoms with Gasteiger partial charge < -0.3 is 24.1 Å². The highest BCUT2D eigenvalue weighted by atomic mass is 16.6. The lowest BCUT2D eigenvalue weighted by molar-refractivity contribution is -0.131. The van der Waals surface area contributed by atoms with Gasteiger partial charge in [-0.15, -0.1) is 0 Å². The Labute approximate surface area is 207 Å². The minimum Gasteiger partial charge on any atom is -0.461 e. The second-order valence-electron chi connectivity index (χ2n) is 7.10. The first-order chi connectivity index (χ1) is 17.3. The predicted octanol–water partition coefficient (Wildman–Crippen LogP) is 4.70. The molecule has 0 aromatic heterocycles. The Hall–Kier alpha value is -4.95. The second-order valence-corrected chi connectivity index (χ2v) is 7.10. The van der Waals surface area contributed by atoms with E-state index in [0.29, 0.717) is 11.5 Å². The van der Waals surface area contributed by atoms with Crippen molar-refractivity contribution in [1.29, 1.82) is 0 Å². The van der Waals surface area contributed by atoms with Crippen LogP contribution in [0.5, 0.6) is 23.0 Å². The van der Waals surface area contributed by atoms with E-state index >= 15 is 0 Å². The number of ether oxygens (including phenoxy) is 4. The molecule has 0 aliphatic heterocycles. The largest absolute Gasteiger partial charge is 0.461 e. The Morgan fingerprint density at radius 1 is 0.639 bits per heavy atom. The van der Waals surface area contributed by atoms with Crippen molar-refractivity contribution < 1.29 is 38.4 Å². The monoisotopic (exact) mass is 486 g/mol. The Morgan fingerprint density at radius 3 is 1.64 bits per heavy atom. The Balaban J connectivity index is 1.73. The molecule has 0 saturated carbocycles. The number of rotatable bonds is 10. The van der Waals surface area contributed by atoms with E-state index in [-0.39, 0.29) is 17.1 Å². The van der Waals surface area contributed by atoms with E-state index in [1.54, 1.807) is 48.5 Å². The standard InChI is InChI=1S/C28H22O8/c1-4-25(29)33-21-12-7-18(8-13-21)19-9-14-22(15-10-19)34-28(32)20-11-16-23(35-26(30)5-2)24(17-20)36-27(31)6-3/h4-17,28,32H,1-3H2. The van der Waals surface area contributed by atoms with Gasteiger partial charge in [0, 0.05) is 23.8 Å². The van der Waals surface area contributed by atoms with Crippen LogP contribution >= 0.6 is 0 Å². The van der Waals surface area contributed by atoms with Crippen LogP contribution in [0.4, 0.5) is 0 Å². The van der Waals surface area contributed by atoms with Crippen molar-refractivity contribution in [2.45, 2.75) is 6.29 Å². The van der Waals surface area contributed by atoms with Gasteiger partial charge in [-0.25, -0.2) is 14.4 Å². The summed E-state index contributed by atoms with van der Waals surface area (Å²) >= 11 is 0. The maximum atomic E-state index is 11.7. The van der Waals surface area contributed by atoms with Crippen LogP contribution in [0.15, 0.2) is 105 Å². The quantitative estimate of drug-likeness (QED) is 0.190. The average molecular weight is 486 g/mol. The molecule has 3 aromatic rings. The molecule has 182 valence electrons. The molecule has 0 spiro atoms. The fourth-order valence-corrected chi connectivity index (χ4v) is 2.94. The summed E-state index contributed by atoms with van der Waals surface area (Å²) in [4.78, 5) is 34.5. The third kappa shape index (κ3) is 6.78.